The first-order valence-corrected chi connectivity index (χ1v) is 13.6. The zero-order valence-corrected chi connectivity index (χ0v) is 23.6. The van der Waals surface area contributed by atoms with Crippen LogP contribution in [0.25, 0.3) is 0 Å². The minimum absolute atomic E-state index is 0.0766. The molecule has 0 aliphatic rings. The predicted molar refractivity (Wildman–Crippen MR) is 143 cm³/mol. The monoisotopic (exact) mass is 560 g/mol. The fourth-order valence-electron chi connectivity index (χ4n) is 3.87. The molecule has 1 amide bonds. The molecular weight excluding hydrogens is 512 g/mol. The summed E-state index contributed by atoms with van der Waals surface area (Å²) >= 11 is 0. The number of likely N-dealkylation sites (N-methyl/N-ethyl adjacent to an activating group) is 1. The highest BCUT2D eigenvalue weighted by molar-refractivity contribution is 5.77. The Morgan fingerprint density at radius 3 is 1.46 bits per heavy atom. The van der Waals surface area contributed by atoms with Gasteiger partial charge >= 0.3 is 24.1 Å². The quantitative estimate of drug-likeness (QED) is 0.117. The summed E-state index contributed by atoms with van der Waals surface area (Å²) in [6.45, 7) is 3.04. The Morgan fingerprint density at radius 2 is 1.00 bits per heavy atom. The van der Waals surface area contributed by atoms with Crippen LogP contribution < -0.4 is 5.32 Å². The van der Waals surface area contributed by atoms with E-state index in [0.717, 1.165) is 12.8 Å². The summed E-state index contributed by atoms with van der Waals surface area (Å²) in [5, 5.41) is 30.0. The van der Waals surface area contributed by atoms with Gasteiger partial charge in [0.05, 0.1) is 26.2 Å². The second-order valence-electron chi connectivity index (χ2n) is 9.52. The zero-order valence-electron chi connectivity index (χ0n) is 23.6. The Labute approximate surface area is 231 Å². The van der Waals surface area contributed by atoms with Crippen molar-refractivity contribution in [2.45, 2.75) is 71.1 Å². The van der Waals surface area contributed by atoms with E-state index in [4.69, 9.17) is 24.9 Å². The van der Waals surface area contributed by atoms with Crippen LogP contribution in [0.4, 0.5) is 0 Å². The molecule has 0 fully saturated rings. The van der Waals surface area contributed by atoms with E-state index in [2.05, 4.69) is 12.2 Å². The smallest absolute Gasteiger partial charge is 0.373 e. The highest BCUT2D eigenvalue weighted by Gasteiger charge is 2.17. The molecule has 0 aromatic rings. The van der Waals surface area contributed by atoms with Gasteiger partial charge in [-0.3, -0.25) is 33.9 Å². The molecule has 226 valence electrons. The Kier molecular flexibility index (Phi) is 26.2. The highest BCUT2D eigenvalue weighted by atomic mass is 16.4. The van der Waals surface area contributed by atoms with E-state index in [1.54, 1.807) is 16.8 Å². The summed E-state index contributed by atoms with van der Waals surface area (Å²) in [6, 6.07) is 0. The Morgan fingerprint density at radius 1 is 0.615 bits per heavy atom. The maximum atomic E-state index is 12.2. The van der Waals surface area contributed by atoms with Crippen LogP contribution in [0.2, 0.25) is 0 Å². The van der Waals surface area contributed by atoms with E-state index in [1.165, 1.54) is 56.3 Å². The molecule has 0 bridgehead atoms. The lowest BCUT2D eigenvalue weighted by atomic mass is 10.1. The molecule has 0 aromatic heterocycles. The maximum Gasteiger partial charge on any atom is 0.373 e. The van der Waals surface area contributed by atoms with Crippen LogP contribution in [0.1, 0.15) is 71.1 Å². The molecule has 0 rings (SSSR count). The Balaban J connectivity index is 0. The van der Waals surface area contributed by atoms with Gasteiger partial charge in [0.1, 0.15) is 0 Å². The number of carbonyl (C=O) groups is 4. The topological polar surface area (TPSA) is 185 Å². The van der Waals surface area contributed by atoms with Crippen molar-refractivity contribution in [3.63, 3.8) is 0 Å². The third-order valence-electron chi connectivity index (χ3n) is 5.87. The molecule has 0 aliphatic carbocycles. The third-order valence-corrected chi connectivity index (χ3v) is 5.87. The normalized spacial score (nSPS) is 10.7. The number of carbonyl (C=O) groups excluding carboxylic acids is 3. The van der Waals surface area contributed by atoms with E-state index in [-0.39, 0.29) is 38.2 Å². The molecule has 4 N–H and O–H groups in total. The molecule has 0 aromatic carbocycles. The average Bonchev–Trinajstić information content (AvgIpc) is 2.83. The van der Waals surface area contributed by atoms with Gasteiger partial charge in [-0.25, -0.2) is 0 Å². The van der Waals surface area contributed by atoms with Crippen molar-refractivity contribution in [3.05, 3.63) is 0 Å². The fourth-order valence-corrected chi connectivity index (χ4v) is 3.87. The number of aliphatic carboxylic acids is 3. The van der Waals surface area contributed by atoms with Crippen LogP contribution in [0.3, 0.4) is 0 Å². The number of nitrogens with one attached hydrogen (secondary N) is 1. The van der Waals surface area contributed by atoms with Gasteiger partial charge in [0.15, 0.2) is 0 Å². The number of hydrogen-bond acceptors (Lipinski definition) is 9. The third kappa shape index (κ3) is 29.5. The summed E-state index contributed by atoms with van der Waals surface area (Å²) in [7, 11) is 1.78. The molecule has 0 saturated carbocycles. The summed E-state index contributed by atoms with van der Waals surface area (Å²) in [4.78, 5) is 66.1. The maximum absolute atomic E-state index is 12.2. The molecule has 0 atom stereocenters. The van der Waals surface area contributed by atoms with Crippen LogP contribution in [0.15, 0.2) is 0 Å². The number of carboxylic acids is 3. The molecule has 0 heterocycles. The molecule has 0 saturated heterocycles. The van der Waals surface area contributed by atoms with Crippen molar-refractivity contribution in [3.8, 4) is 0 Å². The first-order chi connectivity index (χ1) is 18.5. The summed E-state index contributed by atoms with van der Waals surface area (Å²) in [5.41, 5.74) is 0. The number of rotatable bonds is 25. The standard InChI is InChI=1S/C25H48N4O7.CO2/c1-3-4-5-6-7-8-9-10-11-12-13-26-22(30)18-27(2)14-15-28(19-23(31)32)16-17-29(20-24(33)34)21-25(35)36;2-1-3/h3-21H2,1-2H3,(H,26,30)(H,31,32)(H,33,34)(H,35,36);. The van der Waals surface area contributed by atoms with E-state index in [1.807, 2.05) is 0 Å². The predicted octanol–water partition coefficient (Wildman–Crippen LogP) is 1.23. The van der Waals surface area contributed by atoms with Gasteiger partial charge < -0.3 is 20.6 Å². The number of hydrogen-bond donors (Lipinski definition) is 4. The summed E-state index contributed by atoms with van der Waals surface area (Å²) in [5.74, 6) is -3.41. The lowest BCUT2D eigenvalue weighted by molar-refractivity contribution is -0.191. The van der Waals surface area contributed by atoms with Crippen LogP contribution in [0, 0.1) is 0 Å². The minimum atomic E-state index is -1.15. The molecule has 0 unspecified atom stereocenters. The van der Waals surface area contributed by atoms with Crippen LogP contribution in [0.5, 0.6) is 0 Å². The SMILES string of the molecule is CCCCCCCCCCCCNC(=O)CN(C)CCN(CCN(CC(=O)O)CC(=O)O)CC(=O)O.O=C=O. The summed E-state index contributed by atoms with van der Waals surface area (Å²) < 4.78 is 0. The second-order valence-corrected chi connectivity index (χ2v) is 9.52. The van der Waals surface area contributed by atoms with Gasteiger partial charge in [0, 0.05) is 32.7 Å². The molecular formula is C26H48N4O9. The number of nitrogens with zero attached hydrogens (tertiary/aromatic N) is 3. The number of carboxylic acid groups (broad SMARTS) is 3. The number of amides is 1. The summed E-state index contributed by atoms with van der Waals surface area (Å²) in [6.07, 6.45) is 12.6. The van der Waals surface area contributed by atoms with Crippen molar-refractivity contribution >= 4 is 30.0 Å². The molecule has 13 nitrogen and oxygen atoms in total. The first kappa shape index (κ1) is 38.3. The van der Waals surface area contributed by atoms with Crippen LogP contribution in [-0.2, 0) is 28.8 Å². The van der Waals surface area contributed by atoms with Gasteiger partial charge in [-0.2, -0.15) is 9.59 Å². The van der Waals surface area contributed by atoms with Crippen molar-refractivity contribution in [2.75, 3.05) is 66.0 Å². The molecule has 0 spiro atoms. The highest BCUT2D eigenvalue weighted by Crippen LogP contribution is 2.10. The molecule has 39 heavy (non-hydrogen) atoms. The lowest BCUT2D eigenvalue weighted by Crippen LogP contribution is -2.44. The van der Waals surface area contributed by atoms with Crippen molar-refractivity contribution in [1.82, 2.24) is 20.0 Å². The zero-order chi connectivity index (χ0) is 29.9. The van der Waals surface area contributed by atoms with E-state index in [9.17, 15) is 19.2 Å². The largest absolute Gasteiger partial charge is 0.480 e. The number of unbranched alkanes of at least 4 members (excludes halogenated alkanes) is 9. The molecule has 13 heteroatoms. The first-order valence-electron chi connectivity index (χ1n) is 13.6. The van der Waals surface area contributed by atoms with Gasteiger partial charge in [-0.15, -0.1) is 0 Å². The van der Waals surface area contributed by atoms with Crippen molar-refractivity contribution in [1.29, 1.82) is 0 Å². The van der Waals surface area contributed by atoms with E-state index in [0.29, 0.717) is 19.6 Å². The van der Waals surface area contributed by atoms with E-state index >= 15 is 0 Å². The molecule has 0 radical (unpaired) electrons. The van der Waals surface area contributed by atoms with Crippen LogP contribution in [-0.4, -0.2) is 126 Å². The second kappa shape index (κ2) is 26.7. The van der Waals surface area contributed by atoms with Gasteiger partial charge in [-0.1, -0.05) is 64.7 Å². The minimum Gasteiger partial charge on any atom is -0.480 e. The lowest BCUT2D eigenvalue weighted by Gasteiger charge is -2.26. The van der Waals surface area contributed by atoms with E-state index < -0.39 is 31.0 Å². The van der Waals surface area contributed by atoms with Gasteiger partial charge in [-0.05, 0) is 13.5 Å². The van der Waals surface area contributed by atoms with Crippen LogP contribution >= 0.6 is 0 Å². The Hall–Kier alpha value is -2.86. The molecule has 0 aliphatic heterocycles. The van der Waals surface area contributed by atoms with Gasteiger partial charge in [0.2, 0.25) is 5.91 Å². The van der Waals surface area contributed by atoms with Crippen molar-refractivity contribution < 1.29 is 44.1 Å². The Bertz CT molecular complexity index is 700. The van der Waals surface area contributed by atoms with Gasteiger partial charge in [0.25, 0.3) is 0 Å². The van der Waals surface area contributed by atoms with Crippen molar-refractivity contribution in [2.24, 2.45) is 0 Å². The fraction of sp³-hybridized carbons (Fsp3) is 0.808. The average molecular weight is 561 g/mol.